The standard InChI is InChI=1S/C15H11ClFNO4/c16-11-7-9(5-6-10(11)15(20)21)18-14(19)8-22-13-4-2-1-3-12(13)17/h1-7H,8H2,(H,18,19)(H,20,21). The van der Waals surface area contributed by atoms with Crippen molar-refractivity contribution in [2.45, 2.75) is 0 Å². The second-order valence-electron chi connectivity index (χ2n) is 4.27. The molecule has 2 aromatic carbocycles. The number of carboxylic acid groups (broad SMARTS) is 1. The molecular weight excluding hydrogens is 313 g/mol. The van der Waals surface area contributed by atoms with E-state index in [4.69, 9.17) is 21.4 Å². The average molecular weight is 324 g/mol. The first-order valence-electron chi connectivity index (χ1n) is 6.17. The first kappa shape index (κ1) is 15.8. The Kier molecular flexibility index (Phi) is 4.95. The lowest BCUT2D eigenvalue weighted by atomic mass is 10.2. The number of carbonyl (C=O) groups is 2. The molecule has 2 N–H and O–H groups in total. The molecule has 2 aromatic rings. The summed E-state index contributed by atoms with van der Waals surface area (Å²) in [4.78, 5) is 22.5. The van der Waals surface area contributed by atoms with Crippen LogP contribution < -0.4 is 10.1 Å². The van der Waals surface area contributed by atoms with Gasteiger partial charge < -0.3 is 15.2 Å². The first-order chi connectivity index (χ1) is 10.5. The minimum atomic E-state index is -1.16. The van der Waals surface area contributed by atoms with Crippen LogP contribution in [0.2, 0.25) is 5.02 Å². The van der Waals surface area contributed by atoms with E-state index < -0.39 is 17.7 Å². The predicted molar refractivity (Wildman–Crippen MR) is 78.9 cm³/mol. The van der Waals surface area contributed by atoms with Gasteiger partial charge in [0.05, 0.1) is 10.6 Å². The highest BCUT2D eigenvalue weighted by atomic mass is 35.5. The summed E-state index contributed by atoms with van der Waals surface area (Å²) in [6.45, 7) is -0.390. The number of amides is 1. The fraction of sp³-hybridized carbons (Fsp3) is 0.0667. The Morgan fingerprint density at radius 2 is 1.95 bits per heavy atom. The molecule has 0 radical (unpaired) electrons. The van der Waals surface area contributed by atoms with Gasteiger partial charge in [0.2, 0.25) is 0 Å². The summed E-state index contributed by atoms with van der Waals surface area (Å²) in [7, 11) is 0. The summed E-state index contributed by atoms with van der Waals surface area (Å²) in [5.41, 5.74) is 0.249. The van der Waals surface area contributed by atoms with Gasteiger partial charge in [-0.05, 0) is 30.3 Å². The lowest BCUT2D eigenvalue weighted by molar-refractivity contribution is -0.118. The Labute approximate surface area is 130 Å². The molecule has 7 heteroatoms. The van der Waals surface area contributed by atoms with Crippen LogP contribution in [0.1, 0.15) is 10.4 Å². The molecule has 5 nitrogen and oxygen atoms in total. The number of hydrogen-bond donors (Lipinski definition) is 2. The van der Waals surface area contributed by atoms with E-state index in [0.717, 1.165) is 0 Å². The molecule has 22 heavy (non-hydrogen) atoms. The van der Waals surface area contributed by atoms with E-state index in [1.54, 1.807) is 6.07 Å². The molecule has 0 aliphatic heterocycles. The lowest BCUT2D eigenvalue weighted by Gasteiger charge is -2.09. The third-order valence-electron chi connectivity index (χ3n) is 2.68. The van der Waals surface area contributed by atoms with Gasteiger partial charge in [-0.3, -0.25) is 4.79 Å². The van der Waals surface area contributed by atoms with Crippen LogP contribution in [0, 0.1) is 5.82 Å². The van der Waals surface area contributed by atoms with Crippen molar-refractivity contribution < 1.29 is 23.8 Å². The van der Waals surface area contributed by atoms with Crippen LogP contribution in [-0.4, -0.2) is 23.6 Å². The Balaban J connectivity index is 1.96. The normalized spacial score (nSPS) is 10.1. The van der Waals surface area contributed by atoms with Crippen LogP contribution in [0.4, 0.5) is 10.1 Å². The fourth-order valence-electron chi connectivity index (χ4n) is 1.67. The summed E-state index contributed by atoms with van der Waals surface area (Å²) in [5.74, 6) is -2.28. The van der Waals surface area contributed by atoms with Gasteiger partial charge in [-0.15, -0.1) is 0 Å². The van der Waals surface area contributed by atoms with Gasteiger partial charge in [-0.2, -0.15) is 0 Å². The number of nitrogens with one attached hydrogen (secondary N) is 1. The lowest BCUT2D eigenvalue weighted by Crippen LogP contribution is -2.20. The van der Waals surface area contributed by atoms with Gasteiger partial charge in [0.15, 0.2) is 18.2 Å². The minimum absolute atomic E-state index is 0.000298. The largest absolute Gasteiger partial charge is 0.481 e. The molecule has 0 saturated carbocycles. The third-order valence-corrected chi connectivity index (χ3v) is 2.99. The second-order valence-corrected chi connectivity index (χ2v) is 4.67. The number of ether oxygens (including phenoxy) is 1. The van der Waals surface area contributed by atoms with Gasteiger partial charge in [0.25, 0.3) is 5.91 Å². The number of aromatic carboxylic acids is 1. The number of halogens is 2. The molecule has 0 aliphatic carbocycles. The van der Waals surface area contributed by atoms with Crippen LogP contribution in [0.5, 0.6) is 5.75 Å². The molecule has 0 spiro atoms. The van der Waals surface area contributed by atoms with Gasteiger partial charge >= 0.3 is 5.97 Å². The van der Waals surface area contributed by atoms with Crippen molar-refractivity contribution in [2.24, 2.45) is 0 Å². The third kappa shape index (κ3) is 3.95. The molecule has 0 atom stereocenters. The zero-order valence-corrected chi connectivity index (χ0v) is 11.9. The molecule has 0 aliphatic rings. The van der Waals surface area contributed by atoms with Crippen LogP contribution in [0.3, 0.4) is 0 Å². The smallest absolute Gasteiger partial charge is 0.337 e. The van der Waals surface area contributed by atoms with E-state index in [-0.39, 0.29) is 22.9 Å². The highest BCUT2D eigenvalue weighted by molar-refractivity contribution is 6.33. The van der Waals surface area contributed by atoms with E-state index >= 15 is 0 Å². The summed E-state index contributed by atoms with van der Waals surface area (Å²) in [6.07, 6.45) is 0. The van der Waals surface area contributed by atoms with E-state index in [2.05, 4.69) is 5.32 Å². The zero-order valence-electron chi connectivity index (χ0n) is 11.2. The minimum Gasteiger partial charge on any atom is -0.481 e. The highest BCUT2D eigenvalue weighted by Gasteiger charge is 2.11. The van der Waals surface area contributed by atoms with Crippen LogP contribution in [-0.2, 0) is 4.79 Å². The van der Waals surface area contributed by atoms with E-state index in [0.29, 0.717) is 5.69 Å². The number of anilines is 1. The highest BCUT2D eigenvalue weighted by Crippen LogP contribution is 2.21. The summed E-state index contributed by atoms with van der Waals surface area (Å²) in [5, 5.41) is 11.3. The van der Waals surface area contributed by atoms with Crippen LogP contribution >= 0.6 is 11.6 Å². The molecule has 0 fully saturated rings. The number of carboxylic acids is 1. The van der Waals surface area contributed by atoms with Crippen LogP contribution in [0.15, 0.2) is 42.5 Å². The van der Waals surface area contributed by atoms with Crippen molar-refractivity contribution in [3.8, 4) is 5.75 Å². The molecule has 0 unspecified atom stereocenters. The van der Waals surface area contributed by atoms with Crippen molar-refractivity contribution in [1.29, 1.82) is 0 Å². The molecule has 0 aromatic heterocycles. The summed E-state index contributed by atoms with van der Waals surface area (Å²) < 4.78 is 18.4. The molecule has 0 saturated heterocycles. The molecule has 2 rings (SSSR count). The summed E-state index contributed by atoms with van der Waals surface area (Å²) in [6, 6.07) is 9.70. The Hall–Kier alpha value is -2.60. The second kappa shape index (κ2) is 6.91. The van der Waals surface area contributed by atoms with E-state index in [1.807, 2.05) is 0 Å². The number of carbonyl (C=O) groups excluding carboxylic acids is 1. The number of rotatable bonds is 5. The van der Waals surface area contributed by atoms with Gasteiger partial charge in [0, 0.05) is 5.69 Å². The Bertz CT molecular complexity index is 720. The molecule has 1 amide bonds. The average Bonchev–Trinajstić information content (AvgIpc) is 2.46. The summed E-state index contributed by atoms with van der Waals surface area (Å²) >= 11 is 5.79. The van der Waals surface area contributed by atoms with E-state index in [1.165, 1.54) is 36.4 Å². The Morgan fingerprint density at radius 1 is 1.23 bits per heavy atom. The molecule has 0 bridgehead atoms. The molecular formula is C15H11ClFNO4. The SMILES string of the molecule is O=C(COc1ccccc1F)Nc1ccc(C(=O)O)c(Cl)c1. The maximum absolute atomic E-state index is 13.3. The van der Waals surface area contributed by atoms with Crippen molar-refractivity contribution in [3.63, 3.8) is 0 Å². The van der Waals surface area contributed by atoms with Crippen molar-refractivity contribution in [1.82, 2.24) is 0 Å². The maximum atomic E-state index is 13.3. The predicted octanol–water partition coefficient (Wildman–Crippen LogP) is 3.19. The number of benzene rings is 2. The number of hydrogen-bond acceptors (Lipinski definition) is 3. The Morgan fingerprint density at radius 3 is 2.59 bits per heavy atom. The first-order valence-corrected chi connectivity index (χ1v) is 6.55. The topological polar surface area (TPSA) is 75.6 Å². The monoisotopic (exact) mass is 323 g/mol. The fourth-order valence-corrected chi connectivity index (χ4v) is 1.93. The number of para-hydroxylation sites is 1. The van der Waals surface area contributed by atoms with Gasteiger partial charge in [-0.25, -0.2) is 9.18 Å². The van der Waals surface area contributed by atoms with Gasteiger partial charge in [0.1, 0.15) is 0 Å². The quantitative estimate of drug-likeness (QED) is 0.886. The zero-order chi connectivity index (χ0) is 16.1. The van der Waals surface area contributed by atoms with Gasteiger partial charge in [-0.1, -0.05) is 23.7 Å². The molecule has 114 valence electrons. The van der Waals surface area contributed by atoms with Crippen LogP contribution in [0.25, 0.3) is 0 Å². The van der Waals surface area contributed by atoms with Crippen molar-refractivity contribution in [2.75, 3.05) is 11.9 Å². The van der Waals surface area contributed by atoms with E-state index in [9.17, 15) is 14.0 Å². The van der Waals surface area contributed by atoms with Crippen molar-refractivity contribution in [3.05, 3.63) is 58.9 Å². The maximum Gasteiger partial charge on any atom is 0.337 e. The van der Waals surface area contributed by atoms with Crippen molar-refractivity contribution >= 4 is 29.2 Å². The molecule has 0 heterocycles.